The molecular formula is C32H34FN3O7. The van der Waals surface area contributed by atoms with Gasteiger partial charge in [0.15, 0.2) is 17.2 Å². The van der Waals surface area contributed by atoms with Crippen LogP contribution in [0.4, 0.5) is 4.39 Å². The molecule has 0 saturated heterocycles. The smallest absolute Gasteiger partial charge is 0.212 e. The molecule has 0 fully saturated rings. The number of carbonyl (C=O) groups is 3. The maximum absolute atomic E-state index is 14.3. The quantitative estimate of drug-likeness (QED) is 0.215. The molecule has 11 heteroatoms. The number of Topliss-reactive ketones (excluding diaryl/α,β-unsaturated/α-hetero) is 3. The van der Waals surface area contributed by atoms with Crippen molar-refractivity contribution in [2.45, 2.75) is 38.0 Å². The van der Waals surface area contributed by atoms with Crippen LogP contribution in [-0.2, 0) is 22.6 Å². The number of phenols is 1. The molecule has 0 unspecified atom stereocenters. The van der Waals surface area contributed by atoms with Crippen LogP contribution in [0.5, 0.6) is 5.75 Å². The van der Waals surface area contributed by atoms with E-state index in [1.54, 1.807) is 38.2 Å². The molecular weight excluding hydrogens is 557 g/mol. The van der Waals surface area contributed by atoms with Crippen LogP contribution in [0.1, 0.15) is 34.8 Å². The second-order valence-electron chi connectivity index (χ2n) is 11.8. The minimum absolute atomic E-state index is 0.00337. The molecule has 0 radical (unpaired) electrons. The number of likely N-dealkylation sites (N-methyl/N-ethyl adjacent to an activating group) is 2. The molecule has 1 aromatic heterocycles. The maximum Gasteiger partial charge on any atom is 0.212 e. The van der Waals surface area contributed by atoms with Gasteiger partial charge in [-0.05, 0) is 76.2 Å². The number of aromatic nitrogens is 1. The number of allylic oxidation sites excluding steroid dienone is 1. The van der Waals surface area contributed by atoms with E-state index < -0.39 is 63.9 Å². The van der Waals surface area contributed by atoms with Crippen LogP contribution in [0.25, 0.3) is 11.1 Å². The molecule has 1 heterocycles. The minimum atomic E-state index is -2.65. The number of benzene rings is 1. The number of ketones is 3. The van der Waals surface area contributed by atoms with E-state index in [0.717, 1.165) is 6.92 Å². The zero-order chi connectivity index (χ0) is 31.5. The Morgan fingerprint density at radius 1 is 1.21 bits per heavy atom. The second-order valence-corrected chi connectivity index (χ2v) is 11.8. The lowest BCUT2D eigenvalue weighted by Gasteiger charge is -2.50. The van der Waals surface area contributed by atoms with Gasteiger partial charge < -0.3 is 20.4 Å². The van der Waals surface area contributed by atoms with Gasteiger partial charge in [-0.15, -0.1) is 6.58 Å². The number of aliphatic hydroxyl groups excluding tert-OH is 2. The molecule has 0 bridgehead atoms. The lowest BCUT2D eigenvalue weighted by Crippen LogP contribution is -2.63. The number of nitrogens with zero attached hydrogens (tertiary/aromatic N) is 3. The Morgan fingerprint density at radius 3 is 2.49 bits per heavy atom. The third kappa shape index (κ3) is 4.59. The van der Waals surface area contributed by atoms with Crippen LogP contribution in [0, 0.1) is 17.8 Å². The zero-order valence-electron chi connectivity index (χ0n) is 24.4. The van der Waals surface area contributed by atoms with Gasteiger partial charge in [0, 0.05) is 41.9 Å². The van der Waals surface area contributed by atoms with Crippen LogP contribution in [0.3, 0.4) is 0 Å². The highest BCUT2D eigenvalue weighted by molar-refractivity contribution is 6.25. The molecule has 0 spiro atoms. The van der Waals surface area contributed by atoms with Crippen LogP contribution in [0.2, 0.25) is 0 Å². The summed E-state index contributed by atoms with van der Waals surface area (Å²) >= 11 is 0. The summed E-state index contributed by atoms with van der Waals surface area (Å²) in [5.41, 5.74) is -1.72. The van der Waals surface area contributed by atoms with Gasteiger partial charge >= 0.3 is 0 Å². The number of halogens is 1. The van der Waals surface area contributed by atoms with Gasteiger partial charge in [0.25, 0.3) is 0 Å². The summed E-state index contributed by atoms with van der Waals surface area (Å²) in [4.78, 5) is 47.4. The Kier molecular flexibility index (Phi) is 7.62. The Morgan fingerprint density at radius 2 is 1.91 bits per heavy atom. The normalized spacial score (nSPS) is 25.2. The van der Waals surface area contributed by atoms with Gasteiger partial charge in [0.05, 0.1) is 11.6 Å². The molecule has 3 aliphatic carbocycles. The van der Waals surface area contributed by atoms with Gasteiger partial charge in [-0.1, -0.05) is 6.08 Å². The number of carbonyl (C=O) groups excluding carboxylic acids is 3. The summed E-state index contributed by atoms with van der Waals surface area (Å²) in [6.07, 6.45) is 3.13. The lowest BCUT2D eigenvalue weighted by atomic mass is 9.58. The van der Waals surface area contributed by atoms with Crippen LogP contribution >= 0.6 is 0 Å². The van der Waals surface area contributed by atoms with Gasteiger partial charge in [-0.2, -0.15) is 4.39 Å². The SMILES string of the molecule is C=CCN(C)Cc1cc(-c2ccc(F)nc2)c2c(c1O)C(=O)C1=C(O)[C@]3(O)C(=O)C(C(C)=O)=C(O)[C@@H](N(C)C)[C@@H]3C[C@@H]1C2. The van der Waals surface area contributed by atoms with E-state index in [9.17, 15) is 39.2 Å². The third-order valence-electron chi connectivity index (χ3n) is 8.83. The summed E-state index contributed by atoms with van der Waals surface area (Å²) in [6, 6.07) is 3.42. The second kappa shape index (κ2) is 10.8. The Labute approximate surface area is 248 Å². The predicted molar refractivity (Wildman–Crippen MR) is 155 cm³/mol. The van der Waals surface area contributed by atoms with Crippen LogP contribution < -0.4 is 0 Å². The van der Waals surface area contributed by atoms with E-state index in [2.05, 4.69) is 11.6 Å². The Hall–Kier alpha value is -4.19. The molecule has 0 saturated carbocycles. The van der Waals surface area contributed by atoms with E-state index in [0.29, 0.717) is 28.8 Å². The van der Waals surface area contributed by atoms with E-state index in [4.69, 9.17) is 0 Å². The van der Waals surface area contributed by atoms with Gasteiger partial charge in [0.2, 0.25) is 11.7 Å². The van der Waals surface area contributed by atoms with Gasteiger partial charge in [0.1, 0.15) is 22.8 Å². The molecule has 226 valence electrons. The fraction of sp³-hybridized carbons (Fsp3) is 0.375. The summed E-state index contributed by atoms with van der Waals surface area (Å²) in [6.45, 7) is 5.50. The molecule has 0 amide bonds. The third-order valence-corrected chi connectivity index (χ3v) is 8.83. The highest BCUT2D eigenvalue weighted by Gasteiger charge is 2.63. The Bertz CT molecular complexity index is 1630. The van der Waals surface area contributed by atoms with Crippen molar-refractivity contribution < 1.29 is 39.2 Å². The van der Waals surface area contributed by atoms with Crippen molar-refractivity contribution in [2.75, 3.05) is 27.7 Å². The standard InChI is InChI=1S/C32H34FN3O7/c1-6-9-36(5)14-18-11-19(16-7-8-22(33)34-13-16)20-10-17-12-21-26(35(3)4)29(40)23(15(2)37)30(41)32(21,43)31(42)24(17)28(39)25(20)27(18)38/h6-8,11,13,17,21,26,38,40,42-43H,1,9-10,12,14H2,2-5H3/t17-,21-,26-,32+/m0/s1. The summed E-state index contributed by atoms with van der Waals surface area (Å²) in [5.74, 6) is -6.93. The first-order valence-electron chi connectivity index (χ1n) is 13.9. The fourth-order valence-electron chi connectivity index (χ4n) is 6.97. The topological polar surface area (TPSA) is 152 Å². The van der Waals surface area contributed by atoms with Gasteiger partial charge in [-0.25, -0.2) is 4.98 Å². The lowest BCUT2D eigenvalue weighted by molar-refractivity contribution is -0.148. The van der Waals surface area contributed by atoms with Crippen molar-refractivity contribution in [1.82, 2.24) is 14.8 Å². The largest absolute Gasteiger partial charge is 0.510 e. The van der Waals surface area contributed by atoms with Crippen LogP contribution in [-0.4, -0.2) is 91.9 Å². The van der Waals surface area contributed by atoms with Crippen molar-refractivity contribution >= 4 is 17.3 Å². The molecule has 5 rings (SSSR count). The molecule has 2 aromatic rings. The fourth-order valence-corrected chi connectivity index (χ4v) is 6.97. The number of hydrogen-bond acceptors (Lipinski definition) is 10. The summed E-state index contributed by atoms with van der Waals surface area (Å²) < 4.78 is 13.7. The average Bonchev–Trinajstić information content (AvgIpc) is 2.92. The predicted octanol–water partition coefficient (Wildman–Crippen LogP) is 3.04. The number of fused-ring (bicyclic) bond motifs is 3. The first-order chi connectivity index (χ1) is 20.2. The van der Waals surface area contributed by atoms with Gasteiger partial charge in [-0.3, -0.25) is 24.2 Å². The van der Waals surface area contributed by atoms with Crippen molar-refractivity contribution in [3.8, 4) is 16.9 Å². The monoisotopic (exact) mass is 591 g/mol. The molecule has 43 heavy (non-hydrogen) atoms. The minimum Gasteiger partial charge on any atom is -0.510 e. The van der Waals surface area contributed by atoms with E-state index >= 15 is 0 Å². The average molecular weight is 592 g/mol. The molecule has 0 aliphatic heterocycles. The van der Waals surface area contributed by atoms with Crippen molar-refractivity contribution in [2.24, 2.45) is 11.8 Å². The molecule has 4 N–H and O–H groups in total. The maximum atomic E-state index is 14.3. The highest BCUT2D eigenvalue weighted by Crippen LogP contribution is 2.53. The first kappa shape index (κ1) is 30.3. The zero-order valence-corrected chi connectivity index (χ0v) is 24.4. The Balaban J connectivity index is 1.75. The summed E-state index contributed by atoms with van der Waals surface area (Å²) in [7, 11) is 5.01. The number of aromatic hydroxyl groups is 1. The molecule has 3 aliphatic rings. The van der Waals surface area contributed by atoms with Crippen molar-refractivity contribution in [1.29, 1.82) is 0 Å². The molecule has 1 aromatic carbocycles. The number of aliphatic hydroxyl groups is 3. The number of phenolic OH excluding ortho intramolecular Hbond substituents is 1. The van der Waals surface area contributed by atoms with E-state index in [1.165, 1.54) is 18.3 Å². The van der Waals surface area contributed by atoms with Crippen molar-refractivity contribution in [3.63, 3.8) is 0 Å². The molecule has 10 nitrogen and oxygen atoms in total. The number of hydrogen-bond donors (Lipinski definition) is 4. The molecule has 4 atom stereocenters. The number of rotatable bonds is 7. The summed E-state index contributed by atoms with van der Waals surface area (Å²) in [5, 5.41) is 46.0. The number of pyridine rings is 1. The van der Waals surface area contributed by atoms with E-state index in [1.807, 2.05) is 4.90 Å². The van der Waals surface area contributed by atoms with Crippen LogP contribution in [0.15, 0.2) is 59.7 Å². The van der Waals surface area contributed by atoms with E-state index in [-0.39, 0.29) is 36.3 Å². The van der Waals surface area contributed by atoms with Crippen molar-refractivity contribution in [3.05, 3.63) is 82.4 Å². The highest BCUT2D eigenvalue weighted by atomic mass is 19.1. The first-order valence-corrected chi connectivity index (χ1v) is 13.9.